The zero-order valence-corrected chi connectivity index (χ0v) is 20.9. The lowest BCUT2D eigenvalue weighted by atomic mass is 9.99. The zero-order chi connectivity index (χ0) is 25.2. The molecule has 1 atom stereocenters. The minimum atomic E-state index is -3.86. The fraction of sp³-hybridized carbons (Fsp3) is 0.333. The van der Waals surface area contributed by atoms with E-state index in [1.54, 1.807) is 30.9 Å². The summed E-state index contributed by atoms with van der Waals surface area (Å²) >= 11 is 1.25. The van der Waals surface area contributed by atoms with E-state index in [0.29, 0.717) is 34.7 Å². The molecule has 2 aromatic carbocycles. The predicted molar refractivity (Wildman–Crippen MR) is 130 cm³/mol. The summed E-state index contributed by atoms with van der Waals surface area (Å²) in [5, 5.41) is 0. The molecule has 4 rings (SSSR count). The van der Waals surface area contributed by atoms with Crippen LogP contribution in [-0.4, -0.2) is 50.5 Å². The summed E-state index contributed by atoms with van der Waals surface area (Å²) in [6, 6.07) is 8.17. The predicted octanol–water partition coefficient (Wildman–Crippen LogP) is 3.02. The maximum absolute atomic E-state index is 13.3. The Morgan fingerprint density at radius 1 is 1.20 bits per heavy atom. The summed E-state index contributed by atoms with van der Waals surface area (Å²) in [5.74, 6) is 2.17. The number of sulfonamides is 1. The van der Waals surface area contributed by atoms with Gasteiger partial charge in [0.1, 0.15) is 27.5 Å². The van der Waals surface area contributed by atoms with Gasteiger partial charge in [-0.15, -0.1) is 6.42 Å². The van der Waals surface area contributed by atoms with Crippen molar-refractivity contribution in [3.05, 3.63) is 47.0 Å². The molecular weight excluding hydrogens is 493 g/mol. The van der Waals surface area contributed by atoms with E-state index in [2.05, 4.69) is 10.9 Å². The van der Waals surface area contributed by atoms with Crippen molar-refractivity contribution in [3.8, 4) is 23.8 Å². The van der Waals surface area contributed by atoms with Gasteiger partial charge < -0.3 is 14.0 Å². The molecule has 0 aliphatic carbocycles. The molecule has 0 N–H and O–H groups in total. The number of aromatic nitrogens is 1. The molecule has 0 bridgehead atoms. The van der Waals surface area contributed by atoms with Gasteiger partial charge in [0, 0.05) is 13.1 Å². The van der Waals surface area contributed by atoms with Crippen LogP contribution in [0.2, 0.25) is 0 Å². The van der Waals surface area contributed by atoms with E-state index in [9.17, 15) is 17.6 Å². The van der Waals surface area contributed by atoms with E-state index in [-0.39, 0.29) is 24.5 Å². The monoisotopic (exact) mass is 517 g/mol. The number of hydrogen-bond donors (Lipinski definition) is 0. The standard InChI is InChI=1S/C24H24FN3O5S2/c1-4-13-28-21-19(32-2)11-12-20(33-3)22(21)34-24(28)26-23(29)16-6-5-14-27(15-16)35(30,31)18-9-7-17(25)8-10-18/h1,7-12,16H,5-6,13-15H2,2-3H3. The van der Waals surface area contributed by atoms with E-state index in [1.807, 2.05) is 0 Å². The van der Waals surface area contributed by atoms with Crippen LogP contribution in [0.15, 0.2) is 46.3 Å². The highest BCUT2D eigenvalue weighted by molar-refractivity contribution is 7.89. The molecule has 1 unspecified atom stereocenters. The molecule has 184 valence electrons. The number of thiazole rings is 1. The number of rotatable bonds is 6. The van der Waals surface area contributed by atoms with Crippen molar-refractivity contribution in [3.63, 3.8) is 0 Å². The Bertz CT molecular complexity index is 1470. The topological polar surface area (TPSA) is 90.2 Å². The lowest BCUT2D eigenvalue weighted by Crippen LogP contribution is -2.42. The van der Waals surface area contributed by atoms with Crippen LogP contribution in [0.25, 0.3) is 10.2 Å². The van der Waals surface area contributed by atoms with Gasteiger partial charge in [0.25, 0.3) is 5.91 Å². The Kier molecular flexibility index (Phi) is 7.25. The first-order chi connectivity index (χ1) is 16.8. The molecule has 0 spiro atoms. The van der Waals surface area contributed by atoms with Crippen LogP contribution in [0.4, 0.5) is 4.39 Å². The molecule has 2 heterocycles. The molecule has 1 fully saturated rings. The third kappa shape index (κ3) is 4.82. The van der Waals surface area contributed by atoms with Crippen LogP contribution in [0.1, 0.15) is 12.8 Å². The third-order valence-corrected chi connectivity index (χ3v) is 8.80. The van der Waals surface area contributed by atoms with Gasteiger partial charge in [-0.1, -0.05) is 17.3 Å². The van der Waals surface area contributed by atoms with Crippen molar-refractivity contribution in [1.82, 2.24) is 8.87 Å². The van der Waals surface area contributed by atoms with E-state index < -0.39 is 27.7 Å². The van der Waals surface area contributed by atoms with Crippen molar-refractivity contribution in [2.45, 2.75) is 24.3 Å². The fourth-order valence-electron chi connectivity index (χ4n) is 4.08. The number of methoxy groups -OCH3 is 2. The second-order valence-corrected chi connectivity index (χ2v) is 10.8. The number of fused-ring (bicyclic) bond motifs is 1. The van der Waals surface area contributed by atoms with Gasteiger partial charge in [0.2, 0.25) is 10.0 Å². The molecule has 8 nitrogen and oxygen atoms in total. The summed E-state index contributed by atoms with van der Waals surface area (Å²) < 4.78 is 54.0. The van der Waals surface area contributed by atoms with Crippen LogP contribution >= 0.6 is 11.3 Å². The molecule has 1 saturated heterocycles. The van der Waals surface area contributed by atoms with Gasteiger partial charge in [-0.25, -0.2) is 12.8 Å². The van der Waals surface area contributed by atoms with Gasteiger partial charge in [0.05, 0.1) is 31.6 Å². The Balaban J connectivity index is 1.69. The van der Waals surface area contributed by atoms with Crippen molar-refractivity contribution in [2.75, 3.05) is 27.3 Å². The number of halogens is 1. The normalized spacial score (nSPS) is 17.3. The van der Waals surface area contributed by atoms with E-state index in [0.717, 1.165) is 16.8 Å². The van der Waals surface area contributed by atoms with E-state index in [1.165, 1.54) is 27.8 Å². The first-order valence-corrected chi connectivity index (χ1v) is 13.1. The van der Waals surface area contributed by atoms with Crippen LogP contribution in [0.3, 0.4) is 0 Å². The average Bonchev–Trinajstić information content (AvgIpc) is 3.22. The minimum absolute atomic E-state index is 0.00524. The number of ether oxygens (including phenoxy) is 2. The molecular formula is C24H24FN3O5S2. The number of amides is 1. The Morgan fingerprint density at radius 2 is 1.89 bits per heavy atom. The summed E-state index contributed by atoms with van der Waals surface area (Å²) in [6.45, 7) is 0.429. The number of hydrogen-bond acceptors (Lipinski definition) is 6. The molecule has 11 heteroatoms. The first kappa shape index (κ1) is 24.9. The summed E-state index contributed by atoms with van der Waals surface area (Å²) in [5.41, 5.74) is 0.672. The van der Waals surface area contributed by atoms with Gasteiger partial charge in [-0.05, 0) is 49.2 Å². The highest BCUT2D eigenvalue weighted by Gasteiger charge is 2.33. The number of terminal acetylenes is 1. The highest BCUT2D eigenvalue weighted by Crippen LogP contribution is 2.35. The lowest BCUT2D eigenvalue weighted by Gasteiger charge is -2.30. The molecule has 1 aliphatic heterocycles. The van der Waals surface area contributed by atoms with Gasteiger partial charge in [0.15, 0.2) is 4.80 Å². The maximum Gasteiger partial charge on any atom is 0.252 e. The fourth-order valence-corrected chi connectivity index (χ4v) is 6.75. The second kappa shape index (κ2) is 10.2. The van der Waals surface area contributed by atoms with Crippen LogP contribution < -0.4 is 14.3 Å². The number of nitrogens with zero attached hydrogens (tertiary/aromatic N) is 3. The molecule has 1 aromatic heterocycles. The van der Waals surface area contributed by atoms with Crippen molar-refractivity contribution in [2.24, 2.45) is 10.9 Å². The molecule has 0 saturated carbocycles. The van der Waals surface area contributed by atoms with Crippen LogP contribution in [0.5, 0.6) is 11.5 Å². The largest absolute Gasteiger partial charge is 0.495 e. The maximum atomic E-state index is 13.3. The highest BCUT2D eigenvalue weighted by atomic mass is 32.2. The minimum Gasteiger partial charge on any atom is -0.495 e. The molecule has 35 heavy (non-hydrogen) atoms. The average molecular weight is 518 g/mol. The summed E-state index contributed by atoms with van der Waals surface area (Å²) in [7, 11) is -0.774. The molecule has 3 aromatic rings. The molecule has 1 amide bonds. The van der Waals surface area contributed by atoms with Gasteiger partial charge in [-0.2, -0.15) is 9.30 Å². The van der Waals surface area contributed by atoms with Gasteiger partial charge in [-0.3, -0.25) is 4.79 Å². The molecule has 1 aliphatic rings. The SMILES string of the molecule is C#CCn1c(=NC(=O)C2CCCN(S(=O)(=O)c3ccc(F)cc3)C2)sc2c(OC)ccc(OC)c21. The van der Waals surface area contributed by atoms with E-state index >= 15 is 0 Å². The number of piperidine rings is 1. The number of carbonyl (C=O) groups is 1. The zero-order valence-electron chi connectivity index (χ0n) is 19.2. The number of benzene rings is 2. The van der Waals surface area contributed by atoms with Crippen LogP contribution in [0, 0.1) is 24.1 Å². The van der Waals surface area contributed by atoms with Crippen LogP contribution in [-0.2, 0) is 21.4 Å². The second-order valence-electron chi connectivity index (χ2n) is 7.93. The van der Waals surface area contributed by atoms with Crippen molar-refractivity contribution in [1.29, 1.82) is 0 Å². The Hall–Kier alpha value is -3.20. The summed E-state index contributed by atoms with van der Waals surface area (Å²) in [6.07, 6.45) is 6.59. The van der Waals surface area contributed by atoms with Gasteiger partial charge >= 0.3 is 0 Å². The summed E-state index contributed by atoms with van der Waals surface area (Å²) in [4.78, 5) is 17.9. The van der Waals surface area contributed by atoms with Crippen molar-refractivity contribution < 1.29 is 27.1 Å². The quantitative estimate of drug-likeness (QED) is 0.469. The lowest BCUT2D eigenvalue weighted by molar-refractivity contribution is -0.122. The first-order valence-electron chi connectivity index (χ1n) is 10.8. The van der Waals surface area contributed by atoms with E-state index in [4.69, 9.17) is 15.9 Å². The smallest absolute Gasteiger partial charge is 0.252 e. The molecule has 0 radical (unpaired) electrons. The number of carbonyl (C=O) groups excluding carboxylic acids is 1. The Labute approximate surface area is 206 Å². The third-order valence-electron chi connectivity index (χ3n) is 5.83. The Morgan fingerprint density at radius 3 is 2.54 bits per heavy atom. The van der Waals surface area contributed by atoms with Crippen molar-refractivity contribution >= 4 is 37.5 Å².